The molecule has 2 nitrogen and oxygen atoms in total. The van der Waals surface area contributed by atoms with Crippen molar-refractivity contribution in [2.45, 2.75) is 32.1 Å². The number of esters is 1. The van der Waals surface area contributed by atoms with Gasteiger partial charge in [-0.15, -0.1) is 0 Å². The van der Waals surface area contributed by atoms with E-state index in [1.165, 1.54) is 7.11 Å². The van der Waals surface area contributed by atoms with Gasteiger partial charge in [-0.3, -0.25) is 0 Å². The van der Waals surface area contributed by atoms with Gasteiger partial charge in [0.2, 0.25) is 0 Å². The molecule has 0 radical (unpaired) electrons. The number of rotatable bonds is 1. The Kier molecular flexibility index (Phi) is 4.30. The summed E-state index contributed by atoms with van der Waals surface area (Å²) in [6.07, 6.45) is 11.3. The summed E-state index contributed by atoms with van der Waals surface area (Å²) in [5.41, 5.74) is 0.828. The summed E-state index contributed by atoms with van der Waals surface area (Å²) in [5, 5.41) is 0. The highest BCUT2D eigenvalue weighted by Gasteiger charge is 2.08. The van der Waals surface area contributed by atoms with E-state index in [1.54, 1.807) is 0 Å². The monoisotopic (exact) mass is 180 g/mol. The topological polar surface area (TPSA) is 26.3 Å². The lowest BCUT2D eigenvalue weighted by molar-refractivity contribution is -0.136. The maximum absolute atomic E-state index is 11.2. The van der Waals surface area contributed by atoms with Crippen LogP contribution in [-0.2, 0) is 9.53 Å². The second-order valence-corrected chi connectivity index (χ2v) is 3.16. The van der Waals surface area contributed by atoms with Crippen molar-refractivity contribution in [3.63, 3.8) is 0 Å². The molecular weight excluding hydrogens is 164 g/mol. The number of methoxy groups -OCH3 is 1. The zero-order valence-electron chi connectivity index (χ0n) is 8.08. The molecule has 0 N–H and O–H groups in total. The molecule has 1 aliphatic carbocycles. The Labute approximate surface area is 79.3 Å². The number of carbonyl (C=O) groups is 1. The molecule has 0 amide bonds. The molecule has 0 spiro atoms. The fraction of sp³-hybridized carbons (Fsp3) is 0.545. The number of ether oxygens (including phenoxy) is 1. The van der Waals surface area contributed by atoms with Gasteiger partial charge in [0.05, 0.1) is 7.11 Å². The molecule has 0 saturated carbocycles. The molecule has 1 rings (SSSR count). The van der Waals surface area contributed by atoms with Gasteiger partial charge < -0.3 is 4.74 Å². The first kappa shape index (κ1) is 10.0. The lowest BCUT2D eigenvalue weighted by Gasteiger charge is -2.02. The van der Waals surface area contributed by atoms with Crippen LogP contribution in [0.3, 0.4) is 0 Å². The van der Waals surface area contributed by atoms with Crippen molar-refractivity contribution in [3.8, 4) is 0 Å². The van der Waals surface area contributed by atoms with Crippen LogP contribution >= 0.6 is 0 Å². The molecule has 2 heteroatoms. The Hall–Kier alpha value is -1.05. The Balaban J connectivity index is 2.58. The van der Waals surface area contributed by atoms with Gasteiger partial charge in [0.25, 0.3) is 0 Å². The molecule has 0 saturated heterocycles. The second-order valence-electron chi connectivity index (χ2n) is 3.16. The van der Waals surface area contributed by atoms with Crippen molar-refractivity contribution < 1.29 is 9.53 Å². The van der Waals surface area contributed by atoms with Crippen LogP contribution in [0.25, 0.3) is 0 Å². The smallest absolute Gasteiger partial charge is 0.333 e. The van der Waals surface area contributed by atoms with Gasteiger partial charge in [-0.25, -0.2) is 4.79 Å². The van der Waals surface area contributed by atoms with E-state index in [1.807, 2.05) is 6.08 Å². The highest BCUT2D eigenvalue weighted by Crippen LogP contribution is 2.13. The van der Waals surface area contributed by atoms with Crippen LogP contribution < -0.4 is 0 Å². The zero-order chi connectivity index (χ0) is 9.52. The minimum atomic E-state index is -0.171. The average Bonchev–Trinajstić information content (AvgIpc) is 2.29. The summed E-state index contributed by atoms with van der Waals surface area (Å²) in [6, 6.07) is 0. The van der Waals surface area contributed by atoms with E-state index in [0.717, 1.165) is 37.7 Å². The van der Waals surface area contributed by atoms with Crippen molar-refractivity contribution in [2.24, 2.45) is 0 Å². The first-order valence-electron chi connectivity index (χ1n) is 4.77. The van der Waals surface area contributed by atoms with Crippen LogP contribution in [0, 0.1) is 0 Å². The average molecular weight is 180 g/mol. The normalized spacial score (nSPS) is 18.1. The quantitative estimate of drug-likeness (QED) is 0.458. The SMILES string of the molecule is COC(=O)C1=CCCCC=CCC1. The largest absolute Gasteiger partial charge is 0.466 e. The van der Waals surface area contributed by atoms with Crippen molar-refractivity contribution >= 4 is 5.97 Å². The highest BCUT2D eigenvalue weighted by atomic mass is 16.5. The molecule has 0 aromatic carbocycles. The molecule has 0 atom stereocenters. The van der Waals surface area contributed by atoms with Crippen LogP contribution in [0.1, 0.15) is 32.1 Å². The number of carbonyl (C=O) groups excluding carboxylic acids is 1. The molecule has 0 heterocycles. The fourth-order valence-corrected chi connectivity index (χ4v) is 1.41. The Bertz CT molecular complexity index is 226. The number of allylic oxidation sites excluding steroid dienone is 3. The van der Waals surface area contributed by atoms with Crippen molar-refractivity contribution in [1.82, 2.24) is 0 Å². The number of hydrogen-bond donors (Lipinski definition) is 0. The molecule has 0 aromatic rings. The molecular formula is C11H16O2. The molecule has 0 fully saturated rings. The minimum Gasteiger partial charge on any atom is -0.466 e. The summed E-state index contributed by atoms with van der Waals surface area (Å²) < 4.78 is 4.70. The van der Waals surface area contributed by atoms with Gasteiger partial charge in [0, 0.05) is 5.57 Å². The van der Waals surface area contributed by atoms with Crippen molar-refractivity contribution in [2.75, 3.05) is 7.11 Å². The summed E-state index contributed by atoms with van der Waals surface area (Å²) >= 11 is 0. The first-order chi connectivity index (χ1) is 6.34. The highest BCUT2D eigenvalue weighted by molar-refractivity contribution is 5.88. The first-order valence-corrected chi connectivity index (χ1v) is 4.77. The van der Waals surface area contributed by atoms with Crippen LogP contribution in [0.5, 0.6) is 0 Å². The minimum absolute atomic E-state index is 0.171. The summed E-state index contributed by atoms with van der Waals surface area (Å²) in [6.45, 7) is 0. The van der Waals surface area contributed by atoms with Crippen LogP contribution in [0.15, 0.2) is 23.8 Å². The van der Waals surface area contributed by atoms with Gasteiger partial charge in [0.1, 0.15) is 0 Å². The predicted molar refractivity (Wildman–Crippen MR) is 52.3 cm³/mol. The van der Waals surface area contributed by atoms with Crippen LogP contribution in [-0.4, -0.2) is 13.1 Å². The van der Waals surface area contributed by atoms with E-state index in [0.29, 0.717) is 0 Å². The maximum Gasteiger partial charge on any atom is 0.333 e. The zero-order valence-corrected chi connectivity index (χ0v) is 8.08. The van der Waals surface area contributed by atoms with Gasteiger partial charge in [0.15, 0.2) is 0 Å². The molecule has 72 valence electrons. The van der Waals surface area contributed by atoms with E-state index >= 15 is 0 Å². The van der Waals surface area contributed by atoms with Gasteiger partial charge >= 0.3 is 5.97 Å². The van der Waals surface area contributed by atoms with E-state index in [4.69, 9.17) is 4.74 Å². The number of hydrogen-bond acceptors (Lipinski definition) is 2. The third kappa shape index (κ3) is 3.45. The maximum atomic E-state index is 11.2. The third-order valence-electron chi connectivity index (χ3n) is 2.16. The summed E-state index contributed by atoms with van der Waals surface area (Å²) in [5.74, 6) is -0.171. The van der Waals surface area contributed by atoms with E-state index in [-0.39, 0.29) is 5.97 Å². The molecule has 0 aromatic heterocycles. The Morgan fingerprint density at radius 3 is 2.85 bits per heavy atom. The predicted octanol–water partition coefficient (Wildman–Crippen LogP) is 2.61. The van der Waals surface area contributed by atoms with Gasteiger partial charge in [-0.2, -0.15) is 0 Å². The molecule has 0 bridgehead atoms. The van der Waals surface area contributed by atoms with Gasteiger partial charge in [-0.1, -0.05) is 18.2 Å². The molecule has 0 aliphatic heterocycles. The standard InChI is InChI=1S/C11H16O2/c1-13-11(12)10-8-6-4-2-3-5-7-9-10/h2,4,9H,3,5-8H2,1H3. The Morgan fingerprint density at radius 2 is 2.08 bits per heavy atom. The van der Waals surface area contributed by atoms with Crippen molar-refractivity contribution in [1.29, 1.82) is 0 Å². The molecule has 13 heavy (non-hydrogen) atoms. The fourth-order valence-electron chi connectivity index (χ4n) is 1.41. The third-order valence-corrected chi connectivity index (χ3v) is 2.16. The second kappa shape index (κ2) is 5.57. The molecule has 1 aliphatic rings. The van der Waals surface area contributed by atoms with E-state index in [2.05, 4.69) is 12.2 Å². The molecule has 0 unspecified atom stereocenters. The lowest BCUT2D eigenvalue weighted by Crippen LogP contribution is -2.04. The Morgan fingerprint density at radius 1 is 1.31 bits per heavy atom. The lowest BCUT2D eigenvalue weighted by atomic mass is 10.1. The van der Waals surface area contributed by atoms with Crippen LogP contribution in [0.2, 0.25) is 0 Å². The summed E-state index contributed by atoms with van der Waals surface area (Å²) in [7, 11) is 1.44. The van der Waals surface area contributed by atoms with Crippen molar-refractivity contribution in [3.05, 3.63) is 23.8 Å². The van der Waals surface area contributed by atoms with E-state index < -0.39 is 0 Å². The van der Waals surface area contributed by atoms with Gasteiger partial charge in [-0.05, 0) is 32.1 Å². The summed E-state index contributed by atoms with van der Waals surface area (Å²) in [4.78, 5) is 11.2. The van der Waals surface area contributed by atoms with E-state index in [9.17, 15) is 4.79 Å². The van der Waals surface area contributed by atoms with Crippen LogP contribution in [0.4, 0.5) is 0 Å².